The summed E-state index contributed by atoms with van der Waals surface area (Å²) < 4.78 is 0. The van der Waals surface area contributed by atoms with Gasteiger partial charge in [-0.1, -0.05) is 30.3 Å². The monoisotopic (exact) mass is 230 g/mol. The molecule has 0 heterocycles. The van der Waals surface area contributed by atoms with Crippen LogP contribution in [0.4, 0.5) is 0 Å². The summed E-state index contributed by atoms with van der Waals surface area (Å²) in [6.45, 7) is 3.90. The fourth-order valence-corrected chi connectivity index (χ4v) is 2.20. The van der Waals surface area contributed by atoms with Crippen molar-refractivity contribution in [3.63, 3.8) is 0 Å². The molecule has 0 amide bonds. The number of phenolic OH excluding ortho intramolecular Hbond substituents is 1. The molecule has 0 aliphatic rings. The van der Waals surface area contributed by atoms with Crippen molar-refractivity contribution in [1.29, 1.82) is 0 Å². The number of rotatable bonds is 1. The van der Waals surface area contributed by atoms with Crippen molar-refractivity contribution in [3.8, 4) is 16.9 Å². The van der Waals surface area contributed by atoms with Crippen molar-refractivity contribution in [2.24, 2.45) is 0 Å². The second-order valence-corrected chi connectivity index (χ2v) is 4.41. The van der Waals surface area contributed by atoms with E-state index in [0.717, 1.165) is 27.1 Å². The minimum absolute atomic E-state index is 0.330. The molecule has 2 aromatic rings. The third-order valence-electron chi connectivity index (χ3n) is 2.86. The number of aromatic hydroxyl groups is 1. The van der Waals surface area contributed by atoms with Crippen LogP contribution in [-0.2, 0) is 0 Å². The number of phenols is 1. The van der Waals surface area contributed by atoms with E-state index in [1.165, 1.54) is 0 Å². The van der Waals surface area contributed by atoms with Crippen molar-refractivity contribution in [1.82, 2.24) is 0 Å². The first kappa shape index (κ1) is 11.1. The maximum Gasteiger partial charge on any atom is 0.127 e. The van der Waals surface area contributed by atoms with Gasteiger partial charge in [-0.15, -0.1) is 12.6 Å². The molecule has 16 heavy (non-hydrogen) atoms. The van der Waals surface area contributed by atoms with Gasteiger partial charge in [0, 0.05) is 10.5 Å². The zero-order valence-corrected chi connectivity index (χ0v) is 10.3. The molecule has 0 aromatic heterocycles. The lowest BCUT2D eigenvalue weighted by atomic mass is 9.99. The third kappa shape index (κ3) is 1.81. The van der Waals surface area contributed by atoms with Gasteiger partial charge in [-0.3, -0.25) is 0 Å². The number of hydrogen-bond donors (Lipinski definition) is 2. The van der Waals surface area contributed by atoms with Crippen molar-refractivity contribution in [2.75, 3.05) is 0 Å². The maximum absolute atomic E-state index is 10.2. The molecule has 0 aliphatic heterocycles. The van der Waals surface area contributed by atoms with Gasteiger partial charge < -0.3 is 5.11 Å². The number of benzene rings is 2. The predicted molar refractivity (Wildman–Crippen MR) is 70.3 cm³/mol. The highest BCUT2D eigenvalue weighted by molar-refractivity contribution is 7.80. The van der Waals surface area contributed by atoms with Crippen LogP contribution in [0.5, 0.6) is 5.75 Å². The zero-order chi connectivity index (χ0) is 11.7. The molecule has 0 spiro atoms. The highest BCUT2D eigenvalue weighted by atomic mass is 32.1. The average molecular weight is 230 g/mol. The second-order valence-electron chi connectivity index (χ2n) is 3.93. The first-order valence-electron chi connectivity index (χ1n) is 5.19. The molecule has 2 rings (SSSR count). The fraction of sp³-hybridized carbons (Fsp3) is 0.143. The second kappa shape index (κ2) is 4.22. The Balaban J connectivity index is 2.71. The van der Waals surface area contributed by atoms with E-state index in [-0.39, 0.29) is 0 Å². The number of thiol groups is 1. The predicted octanol–water partition coefficient (Wildman–Crippen LogP) is 3.96. The van der Waals surface area contributed by atoms with Crippen LogP contribution in [0.25, 0.3) is 11.1 Å². The molecule has 2 heteroatoms. The lowest BCUT2D eigenvalue weighted by Crippen LogP contribution is -1.88. The van der Waals surface area contributed by atoms with Crippen LogP contribution in [0.15, 0.2) is 41.3 Å². The summed E-state index contributed by atoms with van der Waals surface area (Å²) in [6, 6.07) is 11.8. The lowest BCUT2D eigenvalue weighted by Gasteiger charge is -2.12. The van der Waals surface area contributed by atoms with Crippen LogP contribution in [0.1, 0.15) is 11.1 Å². The van der Waals surface area contributed by atoms with Gasteiger partial charge in [0.05, 0.1) is 0 Å². The largest absolute Gasteiger partial charge is 0.507 e. The van der Waals surface area contributed by atoms with E-state index in [0.29, 0.717) is 5.75 Å². The molecule has 0 saturated carbocycles. The minimum atomic E-state index is 0.330. The zero-order valence-electron chi connectivity index (χ0n) is 9.36. The van der Waals surface area contributed by atoms with Crippen LogP contribution in [0.3, 0.4) is 0 Å². The summed E-state index contributed by atoms with van der Waals surface area (Å²) in [6.07, 6.45) is 0. The molecule has 82 valence electrons. The molecule has 0 atom stereocenters. The van der Waals surface area contributed by atoms with Crippen molar-refractivity contribution < 1.29 is 5.11 Å². The molecule has 0 aliphatic carbocycles. The van der Waals surface area contributed by atoms with E-state index < -0.39 is 0 Å². The Morgan fingerprint density at radius 1 is 1.06 bits per heavy atom. The Kier molecular flexibility index (Phi) is 2.92. The normalized spacial score (nSPS) is 10.4. The van der Waals surface area contributed by atoms with Gasteiger partial charge in [-0.2, -0.15) is 0 Å². The maximum atomic E-state index is 10.2. The molecule has 0 unspecified atom stereocenters. The Morgan fingerprint density at radius 3 is 2.31 bits per heavy atom. The highest BCUT2D eigenvalue weighted by Gasteiger charge is 2.12. The van der Waals surface area contributed by atoms with Gasteiger partial charge >= 0.3 is 0 Å². The quantitative estimate of drug-likeness (QED) is 0.710. The summed E-state index contributed by atoms with van der Waals surface area (Å²) in [5.41, 5.74) is 3.78. The van der Waals surface area contributed by atoms with Gasteiger partial charge in [0.1, 0.15) is 5.75 Å². The van der Waals surface area contributed by atoms with E-state index in [4.69, 9.17) is 0 Å². The number of hydrogen-bond acceptors (Lipinski definition) is 2. The van der Waals surface area contributed by atoms with Gasteiger partial charge in [0.25, 0.3) is 0 Å². The molecular formula is C14H14OS. The molecule has 0 bridgehead atoms. The first-order chi connectivity index (χ1) is 7.61. The van der Waals surface area contributed by atoms with E-state index in [1.54, 1.807) is 0 Å². The van der Waals surface area contributed by atoms with E-state index in [9.17, 15) is 5.11 Å². The van der Waals surface area contributed by atoms with E-state index >= 15 is 0 Å². The highest BCUT2D eigenvalue weighted by Crippen LogP contribution is 2.38. The average Bonchev–Trinajstić information content (AvgIpc) is 2.28. The van der Waals surface area contributed by atoms with Gasteiger partial charge in [-0.05, 0) is 36.6 Å². The Morgan fingerprint density at radius 2 is 1.69 bits per heavy atom. The van der Waals surface area contributed by atoms with Crippen LogP contribution in [0.2, 0.25) is 0 Å². The summed E-state index contributed by atoms with van der Waals surface area (Å²) in [7, 11) is 0. The summed E-state index contributed by atoms with van der Waals surface area (Å²) in [5, 5.41) is 10.2. The fourth-order valence-electron chi connectivity index (χ4n) is 1.77. The molecule has 1 N–H and O–H groups in total. The van der Waals surface area contributed by atoms with E-state index in [1.807, 2.05) is 50.2 Å². The SMILES string of the molecule is Cc1cc(S)c(-c2ccccc2)c(O)c1C. The van der Waals surface area contributed by atoms with Gasteiger partial charge in [-0.25, -0.2) is 0 Å². The lowest BCUT2D eigenvalue weighted by molar-refractivity contribution is 0.471. The van der Waals surface area contributed by atoms with Crippen LogP contribution in [-0.4, -0.2) is 5.11 Å². The summed E-state index contributed by atoms with van der Waals surface area (Å²) in [4.78, 5) is 0.812. The van der Waals surface area contributed by atoms with Crippen molar-refractivity contribution in [3.05, 3.63) is 47.5 Å². The van der Waals surface area contributed by atoms with Crippen LogP contribution < -0.4 is 0 Å². The minimum Gasteiger partial charge on any atom is -0.507 e. The van der Waals surface area contributed by atoms with Crippen molar-refractivity contribution >= 4 is 12.6 Å². The molecule has 0 saturated heterocycles. The smallest absolute Gasteiger partial charge is 0.127 e. The van der Waals surface area contributed by atoms with Gasteiger partial charge in [0.2, 0.25) is 0 Å². The van der Waals surface area contributed by atoms with Crippen LogP contribution >= 0.6 is 12.6 Å². The van der Waals surface area contributed by atoms with Crippen LogP contribution in [0, 0.1) is 13.8 Å². The molecule has 0 fully saturated rings. The van der Waals surface area contributed by atoms with Gasteiger partial charge in [0.15, 0.2) is 0 Å². The third-order valence-corrected chi connectivity index (χ3v) is 3.21. The number of aryl methyl sites for hydroxylation is 1. The molecule has 1 nitrogen and oxygen atoms in total. The Hall–Kier alpha value is -1.41. The topological polar surface area (TPSA) is 20.2 Å². The Bertz CT molecular complexity index is 518. The molecule has 2 aromatic carbocycles. The summed E-state index contributed by atoms with van der Waals surface area (Å²) >= 11 is 4.44. The summed E-state index contributed by atoms with van der Waals surface area (Å²) in [5.74, 6) is 0.330. The first-order valence-corrected chi connectivity index (χ1v) is 5.63. The van der Waals surface area contributed by atoms with E-state index in [2.05, 4.69) is 12.6 Å². The molecule has 0 radical (unpaired) electrons. The Labute approximate surface area is 101 Å². The molecular weight excluding hydrogens is 216 g/mol. The van der Waals surface area contributed by atoms with Crippen molar-refractivity contribution in [2.45, 2.75) is 18.7 Å². The standard InChI is InChI=1S/C14H14OS/c1-9-8-12(16)13(14(15)10(9)2)11-6-4-3-5-7-11/h3-8,15-16H,1-2H3.